The van der Waals surface area contributed by atoms with E-state index in [1.807, 2.05) is 0 Å². The molecule has 1 aromatic rings. The van der Waals surface area contributed by atoms with Crippen LogP contribution in [0.25, 0.3) is 0 Å². The summed E-state index contributed by atoms with van der Waals surface area (Å²) in [6.07, 6.45) is 1.00. The minimum Gasteiger partial charge on any atom is -0.382 e. The highest BCUT2D eigenvalue weighted by Crippen LogP contribution is 2.24. The third-order valence-electron chi connectivity index (χ3n) is 3.20. The van der Waals surface area contributed by atoms with Gasteiger partial charge in [0.2, 0.25) is 0 Å². The highest BCUT2D eigenvalue weighted by Gasteiger charge is 2.16. The number of nitrogens with two attached hydrogens (primary N) is 1. The SMILES string of the molecule is CCCNc1nc(N)c(C(=O)NCCN2CCOCC2)s1. The van der Waals surface area contributed by atoms with Gasteiger partial charge in [-0.3, -0.25) is 9.69 Å². The smallest absolute Gasteiger partial charge is 0.265 e. The average molecular weight is 313 g/mol. The van der Waals surface area contributed by atoms with E-state index in [1.54, 1.807) is 0 Å². The van der Waals surface area contributed by atoms with Crippen LogP contribution in [0.5, 0.6) is 0 Å². The molecule has 1 fully saturated rings. The Kier molecular flexibility index (Phi) is 6.21. The number of nitrogen functional groups attached to an aromatic ring is 1. The average Bonchev–Trinajstić information content (AvgIpc) is 2.87. The normalized spacial score (nSPS) is 15.9. The van der Waals surface area contributed by atoms with Crippen molar-refractivity contribution < 1.29 is 9.53 Å². The Morgan fingerprint density at radius 1 is 1.43 bits per heavy atom. The Hall–Kier alpha value is -1.38. The largest absolute Gasteiger partial charge is 0.382 e. The molecule has 1 aliphatic heterocycles. The summed E-state index contributed by atoms with van der Waals surface area (Å²) in [5.41, 5.74) is 5.80. The van der Waals surface area contributed by atoms with Gasteiger partial charge in [0, 0.05) is 32.7 Å². The van der Waals surface area contributed by atoms with Gasteiger partial charge in [0.25, 0.3) is 5.91 Å². The fourth-order valence-corrected chi connectivity index (χ4v) is 2.86. The van der Waals surface area contributed by atoms with E-state index in [2.05, 4.69) is 27.4 Å². The predicted octanol–water partition coefficient (Wildman–Crippen LogP) is 0.609. The second-order valence-electron chi connectivity index (χ2n) is 4.87. The van der Waals surface area contributed by atoms with Crippen LogP contribution in [0.15, 0.2) is 0 Å². The fourth-order valence-electron chi connectivity index (χ4n) is 2.03. The van der Waals surface area contributed by atoms with E-state index in [9.17, 15) is 4.79 Å². The zero-order chi connectivity index (χ0) is 15.1. The van der Waals surface area contributed by atoms with Crippen LogP contribution < -0.4 is 16.4 Å². The van der Waals surface area contributed by atoms with E-state index in [-0.39, 0.29) is 5.91 Å². The van der Waals surface area contributed by atoms with Crippen molar-refractivity contribution in [1.29, 1.82) is 0 Å². The summed E-state index contributed by atoms with van der Waals surface area (Å²) < 4.78 is 5.29. The molecule has 1 amide bonds. The van der Waals surface area contributed by atoms with Gasteiger partial charge in [-0.25, -0.2) is 4.98 Å². The highest BCUT2D eigenvalue weighted by molar-refractivity contribution is 7.18. The summed E-state index contributed by atoms with van der Waals surface area (Å²) in [5.74, 6) is 0.144. The molecule has 1 aromatic heterocycles. The third-order valence-corrected chi connectivity index (χ3v) is 4.23. The van der Waals surface area contributed by atoms with E-state index in [0.717, 1.165) is 45.8 Å². The molecule has 0 unspecified atom stereocenters. The number of rotatable bonds is 7. The quantitative estimate of drug-likeness (QED) is 0.683. The first-order chi connectivity index (χ1) is 10.2. The van der Waals surface area contributed by atoms with Crippen molar-refractivity contribution in [2.24, 2.45) is 0 Å². The maximum absolute atomic E-state index is 12.1. The minimum absolute atomic E-state index is 0.150. The van der Waals surface area contributed by atoms with E-state index in [4.69, 9.17) is 10.5 Å². The van der Waals surface area contributed by atoms with Gasteiger partial charge in [-0.1, -0.05) is 18.3 Å². The molecule has 1 saturated heterocycles. The lowest BCUT2D eigenvalue weighted by Gasteiger charge is -2.26. The first-order valence-electron chi connectivity index (χ1n) is 7.29. The molecular formula is C13H23N5O2S. The summed E-state index contributed by atoms with van der Waals surface area (Å²) in [4.78, 5) is 19.0. The second-order valence-corrected chi connectivity index (χ2v) is 5.87. The maximum Gasteiger partial charge on any atom is 0.265 e. The molecule has 0 saturated carbocycles. The van der Waals surface area contributed by atoms with Crippen molar-refractivity contribution in [1.82, 2.24) is 15.2 Å². The summed E-state index contributed by atoms with van der Waals surface area (Å²) in [5, 5.41) is 6.74. The number of nitrogens with one attached hydrogen (secondary N) is 2. The lowest BCUT2D eigenvalue weighted by atomic mass is 10.4. The number of carbonyl (C=O) groups is 1. The molecule has 0 bridgehead atoms. The molecule has 4 N–H and O–H groups in total. The number of thiazole rings is 1. The Morgan fingerprint density at radius 2 is 2.19 bits per heavy atom. The standard InChI is InChI=1S/C13H23N5O2S/c1-2-3-16-13-17-11(14)10(21-13)12(19)15-4-5-18-6-8-20-9-7-18/h2-9,14H2,1H3,(H,15,19)(H,16,17). The number of morpholine rings is 1. The van der Waals surface area contributed by atoms with Crippen LogP contribution in [-0.4, -0.2) is 61.7 Å². The first kappa shape index (κ1) is 16.0. The Bertz CT molecular complexity index is 459. The molecule has 2 rings (SSSR count). The first-order valence-corrected chi connectivity index (χ1v) is 8.11. The topological polar surface area (TPSA) is 92.5 Å². The number of carbonyl (C=O) groups excluding carboxylic acids is 1. The molecule has 0 atom stereocenters. The van der Waals surface area contributed by atoms with Crippen molar-refractivity contribution in [2.45, 2.75) is 13.3 Å². The second kappa shape index (κ2) is 8.16. The number of aromatic nitrogens is 1. The van der Waals surface area contributed by atoms with E-state index >= 15 is 0 Å². The summed E-state index contributed by atoms with van der Waals surface area (Å²) in [7, 11) is 0. The van der Waals surface area contributed by atoms with E-state index in [0.29, 0.717) is 22.4 Å². The van der Waals surface area contributed by atoms with Gasteiger partial charge < -0.3 is 21.1 Å². The number of amides is 1. The summed E-state index contributed by atoms with van der Waals surface area (Å²) in [6.45, 7) is 7.70. The number of ether oxygens (including phenoxy) is 1. The van der Waals surface area contributed by atoms with Gasteiger partial charge in [0.05, 0.1) is 13.2 Å². The van der Waals surface area contributed by atoms with E-state index < -0.39 is 0 Å². The van der Waals surface area contributed by atoms with Crippen LogP contribution >= 0.6 is 11.3 Å². The summed E-state index contributed by atoms with van der Waals surface area (Å²) in [6, 6.07) is 0. The zero-order valence-electron chi connectivity index (χ0n) is 12.4. The molecule has 7 nitrogen and oxygen atoms in total. The maximum atomic E-state index is 12.1. The number of hydrogen-bond donors (Lipinski definition) is 3. The van der Waals surface area contributed by atoms with Crippen LogP contribution in [0.3, 0.4) is 0 Å². The minimum atomic E-state index is -0.150. The number of anilines is 2. The van der Waals surface area contributed by atoms with Crippen LogP contribution in [0, 0.1) is 0 Å². The fraction of sp³-hybridized carbons (Fsp3) is 0.692. The monoisotopic (exact) mass is 313 g/mol. The molecule has 1 aliphatic rings. The van der Waals surface area contributed by atoms with Crippen LogP contribution in [0.4, 0.5) is 10.9 Å². The van der Waals surface area contributed by atoms with Crippen molar-refractivity contribution in [3.63, 3.8) is 0 Å². The Morgan fingerprint density at radius 3 is 2.90 bits per heavy atom. The molecule has 2 heterocycles. The molecule has 21 heavy (non-hydrogen) atoms. The van der Waals surface area contributed by atoms with Crippen molar-refractivity contribution >= 4 is 28.2 Å². The lowest BCUT2D eigenvalue weighted by Crippen LogP contribution is -2.41. The van der Waals surface area contributed by atoms with E-state index in [1.165, 1.54) is 11.3 Å². The molecule has 0 aromatic carbocycles. The zero-order valence-corrected chi connectivity index (χ0v) is 13.2. The van der Waals surface area contributed by atoms with Crippen LogP contribution in [-0.2, 0) is 4.74 Å². The molecule has 8 heteroatoms. The van der Waals surface area contributed by atoms with Gasteiger partial charge in [0.15, 0.2) is 5.13 Å². The molecule has 0 spiro atoms. The highest BCUT2D eigenvalue weighted by atomic mass is 32.1. The Balaban J connectivity index is 1.78. The number of nitrogens with zero attached hydrogens (tertiary/aromatic N) is 2. The Labute approximate surface area is 128 Å². The van der Waals surface area contributed by atoms with Crippen molar-refractivity contribution in [3.8, 4) is 0 Å². The molecular weight excluding hydrogens is 290 g/mol. The summed E-state index contributed by atoms with van der Waals surface area (Å²) >= 11 is 1.30. The molecule has 0 aliphatic carbocycles. The number of hydrogen-bond acceptors (Lipinski definition) is 7. The van der Waals surface area contributed by atoms with Gasteiger partial charge in [-0.05, 0) is 6.42 Å². The van der Waals surface area contributed by atoms with Gasteiger partial charge in [-0.15, -0.1) is 0 Å². The molecule has 0 radical (unpaired) electrons. The predicted molar refractivity (Wildman–Crippen MR) is 84.9 cm³/mol. The van der Waals surface area contributed by atoms with Gasteiger partial charge >= 0.3 is 0 Å². The van der Waals surface area contributed by atoms with Gasteiger partial charge in [0.1, 0.15) is 10.7 Å². The van der Waals surface area contributed by atoms with Crippen molar-refractivity contribution in [2.75, 3.05) is 57.0 Å². The molecule has 118 valence electrons. The van der Waals surface area contributed by atoms with Crippen LogP contribution in [0.1, 0.15) is 23.0 Å². The lowest BCUT2D eigenvalue weighted by molar-refractivity contribution is 0.0383. The van der Waals surface area contributed by atoms with Crippen LogP contribution in [0.2, 0.25) is 0 Å². The van der Waals surface area contributed by atoms with Crippen molar-refractivity contribution in [3.05, 3.63) is 4.88 Å². The van der Waals surface area contributed by atoms with Gasteiger partial charge in [-0.2, -0.15) is 0 Å². The third kappa shape index (κ3) is 4.83.